The molecule has 2 fully saturated rings. The van der Waals surface area contributed by atoms with Gasteiger partial charge in [-0.05, 0) is 37.0 Å². The summed E-state index contributed by atoms with van der Waals surface area (Å²) in [6.07, 6.45) is 2.83. The molecule has 1 aromatic carbocycles. The Kier molecular flexibility index (Phi) is 5.29. The Balaban J connectivity index is 1.43. The van der Waals surface area contributed by atoms with Crippen LogP contribution in [0.1, 0.15) is 30.7 Å². The van der Waals surface area contributed by atoms with Crippen molar-refractivity contribution in [1.29, 1.82) is 0 Å². The number of rotatable bonds is 5. The van der Waals surface area contributed by atoms with Crippen molar-refractivity contribution < 1.29 is 19.0 Å². The standard InChI is InChI=1S/C17H23NO4/c19-17(18-15-6-9-20-10-7-15)12-22-16-3-1-13(2-4-16)14-5-8-21-11-14/h1-4,14-15H,5-12H2,(H,18,19)/t14-/m1/s1. The average Bonchev–Trinajstić information content (AvgIpc) is 3.09. The maximum atomic E-state index is 11.9. The van der Waals surface area contributed by atoms with Crippen LogP contribution < -0.4 is 10.1 Å². The summed E-state index contributed by atoms with van der Waals surface area (Å²) in [6, 6.07) is 8.19. The van der Waals surface area contributed by atoms with E-state index in [1.807, 2.05) is 12.1 Å². The number of hydrogen-bond donors (Lipinski definition) is 1. The molecular formula is C17H23NO4. The Hall–Kier alpha value is -1.59. The van der Waals surface area contributed by atoms with E-state index < -0.39 is 0 Å². The molecule has 0 unspecified atom stereocenters. The van der Waals surface area contributed by atoms with Crippen LogP contribution in [0.15, 0.2) is 24.3 Å². The van der Waals surface area contributed by atoms with Crippen LogP contribution in [0.5, 0.6) is 5.75 Å². The lowest BCUT2D eigenvalue weighted by Crippen LogP contribution is -2.41. The third-order valence-electron chi connectivity index (χ3n) is 4.24. The van der Waals surface area contributed by atoms with Crippen LogP contribution in [-0.2, 0) is 14.3 Å². The monoisotopic (exact) mass is 305 g/mol. The van der Waals surface area contributed by atoms with Gasteiger partial charge in [-0.25, -0.2) is 0 Å². The van der Waals surface area contributed by atoms with Crippen LogP contribution in [0.2, 0.25) is 0 Å². The van der Waals surface area contributed by atoms with Gasteiger partial charge in [-0.15, -0.1) is 0 Å². The van der Waals surface area contributed by atoms with Gasteiger partial charge in [0.25, 0.3) is 5.91 Å². The molecule has 3 rings (SSSR count). The van der Waals surface area contributed by atoms with E-state index in [4.69, 9.17) is 14.2 Å². The highest BCUT2D eigenvalue weighted by Crippen LogP contribution is 2.26. The highest BCUT2D eigenvalue weighted by molar-refractivity contribution is 5.77. The summed E-state index contributed by atoms with van der Waals surface area (Å²) in [5.74, 6) is 1.15. The highest BCUT2D eigenvalue weighted by atomic mass is 16.5. The normalized spacial score (nSPS) is 22.5. The lowest BCUT2D eigenvalue weighted by atomic mass is 9.99. The number of benzene rings is 1. The van der Waals surface area contributed by atoms with Gasteiger partial charge in [-0.2, -0.15) is 0 Å². The molecule has 120 valence electrons. The Morgan fingerprint density at radius 2 is 1.82 bits per heavy atom. The molecule has 0 radical (unpaired) electrons. The van der Waals surface area contributed by atoms with E-state index in [9.17, 15) is 4.79 Å². The molecule has 5 heteroatoms. The molecule has 2 aliphatic rings. The number of hydrogen-bond acceptors (Lipinski definition) is 4. The topological polar surface area (TPSA) is 56.8 Å². The van der Waals surface area contributed by atoms with Gasteiger partial charge in [0.15, 0.2) is 6.61 Å². The van der Waals surface area contributed by atoms with Crippen molar-refractivity contribution in [3.05, 3.63) is 29.8 Å². The van der Waals surface area contributed by atoms with Gasteiger partial charge in [0.05, 0.1) is 6.61 Å². The molecule has 1 aromatic rings. The SMILES string of the molecule is O=C(COc1ccc([C@@H]2CCOC2)cc1)NC1CCOCC1. The molecule has 0 aromatic heterocycles. The number of ether oxygens (including phenoxy) is 3. The molecule has 2 saturated heterocycles. The quantitative estimate of drug-likeness (QED) is 0.902. The zero-order valence-electron chi connectivity index (χ0n) is 12.8. The van der Waals surface area contributed by atoms with Crippen molar-refractivity contribution in [2.45, 2.75) is 31.2 Å². The lowest BCUT2D eigenvalue weighted by molar-refractivity contribution is -0.124. The van der Waals surface area contributed by atoms with Gasteiger partial charge < -0.3 is 19.5 Å². The first-order chi connectivity index (χ1) is 10.8. The fourth-order valence-corrected chi connectivity index (χ4v) is 2.89. The van der Waals surface area contributed by atoms with Crippen molar-refractivity contribution in [2.75, 3.05) is 33.0 Å². The van der Waals surface area contributed by atoms with Crippen LogP contribution in [0.4, 0.5) is 0 Å². The molecule has 0 saturated carbocycles. The molecular weight excluding hydrogens is 282 g/mol. The summed E-state index contributed by atoms with van der Waals surface area (Å²) in [5, 5.41) is 2.98. The maximum absolute atomic E-state index is 11.9. The van der Waals surface area contributed by atoms with E-state index in [0.717, 1.165) is 51.4 Å². The van der Waals surface area contributed by atoms with Crippen molar-refractivity contribution in [3.8, 4) is 5.75 Å². The molecule has 1 atom stereocenters. The first kappa shape index (κ1) is 15.3. The largest absolute Gasteiger partial charge is 0.484 e. The Morgan fingerprint density at radius 3 is 2.50 bits per heavy atom. The predicted molar refractivity (Wildman–Crippen MR) is 82.1 cm³/mol. The molecule has 0 bridgehead atoms. The fraction of sp³-hybridized carbons (Fsp3) is 0.588. The average molecular weight is 305 g/mol. The molecule has 22 heavy (non-hydrogen) atoms. The second-order valence-electron chi connectivity index (χ2n) is 5.87. The highest BCUT2D eigenvalue weighted by Gasteiger charge is 2.18. The molecule has 1 amide bonds. The van der Waals surface area contributed by atoms with Gasteiger partial charge in [-0.3, -0.25) is 4.79 Å². The second kappa shape index (κ2) is 7.61. The van der Waals surface area contributed by atoms with Crippen LogP contribution in [-0.4, -0.2) is 45.0 Å². The molecule has 1 N–H and O–H groups in total. The summed E-state index contributed by atoms with van der Waals surface area (Å²) >= 11 is 0. The predicted octanol–water partition coefficient (Wildman–Crippen LogP) is 1.86. The summed E-state index contributed by atoms with van der Waals surface area (Å²) < 4.78 is 16.2. The van der Waals surface area contributed by atoms with E-state index >= 15 is 0 Å². The first-order valence-corrected chi connectivity index (χ1v) is 7.99. The zero-order valence-corrected chi connectivity index (χ0v) is 12.8. The molecule has 2 heterocycles. The van der Waals surface area contributed by atoms with Crippen LogP contribution >= 0.6 is 0 Å². The van der Waals surface area contributed by atoms with E-state index in [0.29, 0.717) is 5.92 Å². The minimum Gasteiger partial charge on any atom is -0.484 e. The van der Waals surface area contributed by atoms with E-state index in [1.165, 1.54) is 5.56 Å². The van der Waals surface area contributed by atoms with Gasteiger partial charge in [-0.1, -0.05) is 12.1 Å². The van der Waals surface area contributed by atoms with Crippen molar-refractivity contribution in [2.24, 2.45) is 0 Å². The molecule has 0 spiro atoms. The summed E-state index contributed by atoms with van der Waals surface area (Å²) in [5.41, 5.74) is 1.27. The Labute approximate surface area is 130 Å². The van der Waals surface area contributed by atoms with Gasteiger partial charge in [0.1, 0.15) is 5.75 Å². The van der Waals surface area contributed by atoms with Crippen molar-refractivity contribution in [3.63, 3.8) is 0 Å². The van der Waals surface area contributed by atoms with Crippen molar-refractivity contribution in [1.82, 2.24) is 5.32 Å². The summed E-state index contributed by atoms with van der Waals surface area (Å²) in [6.45, 7) is 3.14. The van der Waals surface area contributed by atoms with Crippen molar-refractivity contribution >= 4 is 5.91 Å². The first-order valence-electron chi connectivity index (χ1n) is 7.99. The number of nitrogens with one attached hydrogen (secondary N) is 1. The third kappa shape index (κ3) is 4.21. The summed E-state index contributed by atoms with van der Waals surface area (Å²) in [7, 11) is 0. The third-order valence-corrected chi connectivity index (χ3v) is 4.24. The zero-order chi connectivity index (χ0) is 15.2. The molecule has 0 aliphatic carbocycles. The van der Waals surface area contributed by atoms with E-state index in [2.05, 4.69) is 17.4 Å². The van der Waals surface area contributed by atoms with Crippen LogP contribution in [0, 0.1) is 0 Å². The van der Waals surface area contributed by atoms with Gasteiger partial charge in [0, 0.05) is 31.8 Å². The Bertz CT molecular complexity index is 476. The van der Waals surface area contributed by atoms with E-state index in [-0.39, 0.29) is 18.6 Å². The Morgan fingerprint density at radius 1 is 1.09 bits per heavy atom. The number of carbonyl (C=O) groups is 1. The minimum atomic E-state index is -0.0693. The minimum absolute atomic E-state index is 0.0588. The lowest BCUT2D eigenvalue weighted by Gasteiger charge is -2.23. The summed E-state index contributed by atoms with van der Waals surface area (Å²) in [4.78, 5) is 11.9. The van der Waals surface area contributed by atoms with E-state index in [1.54, 1.807) is 0 Å². The number of carbonyl (C=O) groups excluding carboxylic acids is 1. The molecule has 5 nitrogen and oxygen atoms in total. The fourth-order valence-electron chi connectivity index (χ4n) is 2.89. The van der Waals surface area contributed by atoms with Gasteiger partial charge in [0.2, 0.25) is 0 Å². The van der Waals surface area contributed by atoms with Crippen LogP contribution in [0.25, 0.3) is 0 Å². The maximum Gasteiger partial charge on any atom is 0.258 e. The van der Waals surface area contributed by atoms with Crippen LogP contribution in [0.3, 0.4) is 0 Å². The molecule has 2 aliphatic heterocycles. The second-order valence-corrected chi connectivity index (χ2v) is 5.87. The van der Waals surface area contributed by atoms with Gasteiger partial charge >= 0.3 is 0 Å². The smallest absolute Gasteiger partial charge is 0.258 e. The number of amides is 1.